The zero-order chi connectivity index (χ0) is 40.7. The molecule has 56 heavy (non-hydrogen) atoms. The molecule has 3 saturated heterocycles. The summed E-state index contributed by atoms with van der Waals surface area (Å²) in [5.74, 6) is -0.514. The smallest absolute Gasteiger partial charge is 0.309 e. The molecule has 2 bridgehead atoms. The Kier molecular flexibility index (Phi) is 11.9. The third kappa shape index (κ3) is 6.69. The molecule has 1 spiro atoms. The SMILES string of the molecule is C=C1C[C@@]23CC[C@@H]4[C@](C)(CCC[C@]4(C)C(=O)O)[C@H]2CC[C@]1(O[C@H]1O[C@@H](CO)[C@H](O)[C@@H](O[C@H]2O[C@@H](CO)[C@H](O)[C@@H](O)[C@@H]2O[C@H]2O[C@@H](CO)[C@H](O)[C@@H](O)[C@@H]2O)[C@@H]1O)C3. The Morgan fingerprint density at radius 1 is 0.679 bits per heavy atom. The van der Waals surface area contributed by atoms with Gasteiger partial charge >= 0.3 is 5.97 Å². The molecule has 21 atom stereocenters. The summed E-state index contributed by atoms with van der Waals surface area (Å²) in [6.45, 7) is 6.26. The van der Waals surface area contributed by atoms with Gasteiger partial charge in [-0.3, -0.25) is 4.79 Å². The summed E-state index contributed by atoms with van der Waals surface area (Å²) in [6.07, 6.45) is -19.1. The quantitative estimate of drug-likeness (QED) is 0.0812. The Balaban J connectivity index is 1.12. The van der Waals surface area contributed by atoms with Crippen molar-refractivity contribution in [3.8, 4) is 0 Å². The average molecular weight is 805 g/mol. The van der Waals surface area contributed by atoms with Crippen LogP contribution in [-0.4, -0.2) is 180 Å². The van der Waals surface area contributed by atoms with Crippen molar-refractivity contribution in [1.29, 1.82) is 0 Å². The number of ether oxygens (including phenoxy) is 6. The van der Waals surface area contributed by atoms with Crippen LogP contribution in [0.3, 0.4) is 0 Å². The zero-order valence-electron chi connectivity index (χ0n) is 31.8. The first-order valence-electron chi connectivity index (χ1n) is 19.9. The third-order valence-corrected chi connectivity index (χ3v) is 15.0. The molecule has 7 rings (SSSR count). The minimum atomic E-state index is -1.92. The van der Waals surface area contributed by atoms with Crippen molar-refractivity contribution in [2.45, 2.75) is 169 Å². The number of rotatable bonds is 10. The number of fused-ring (bicyclic) bond motifs is 3. The monoisotopic (exact) mass is 804 g/mol. The molecule has 0 aromatic rings. The number of hydrogen-bond acceptors (Lipinski definition) is 17. The number of hydrogen-bond donors (Lipinski definition) is 11. The van der Waals surface area contributed by atoms with Crippen molar-refractivity contribution in [3.63, 3.8) is 0 Å². The molecule has 7 aliphatic rings. The summed E-state index contributed by atoms with van der Waals surface area (Å²) >= 11 is 0. The highest BCUT2D eigenvalue weighted by atomic mass is 16.8. The molecule has 0 radical (unpaired) electrons. The van der Waals surface area contributed by atoms with E-state index in [1.165, 1.54) is 0 Å². The van der Waals surface area contributed by atoms with Gasteiger partial charge in [0.25, 0.3) is 0 Å². The number of aliphatic hydroxyl groups excluding tert-OH is 10. The van der Waals surface area contributed by atoms with Crippen molar-refractivity contribution in [1.82, 2.24) is 0 Å². The lowest BCUT2D eigenvalue weighted by Gasteiger charge is -2.64. The van der Waals surface area contributed by atoms with Crippen LogP contribution in [0, 0.1) is 28.1 Å². The molecule has 0 aromatic carbocycles. The largest absolute Gasteiger partial charge is 0.481 e. The Labute approximate surface area is 324 Å². The Hall–Kier alpha value is -1.43. The molecule has 4 saturated carbocycles. The van der Waals surface area contributed by atoms with Gasteiger partial charge in [-0.15, -0.1) is 0 Å². The minimum absolute atomic E-state index is 0.0212. The number of carboxylic acids is 1. The number of carboxylic acid groups (broad SMARTS) is 1. The van der Waals surface area contributed by atoms with E-state index < -0.39 is 129 Å². The van der Waals surface area contributed by atoms with Crippen LogP contribution >= 0.6 is 0 Å². The summed E-state index contributed by atoms with van der Waals surface area (Å²) in [5, 5.41) is 116. The van der Waals surface area contributed by atoms with Crippen LogP contribution in [0.25, 0.3) is 0 Å². The molecule has 4 aliphatic carbocycles. The zero-order valence-corrected chi connectivity index (χ0v) is 31.8. The highest BCUT2D eigenvalue weighted by molar-refractivity contribution is 5.75. The van der Waals surface area contributed by atoms with E-state index in [-0.39, 0.29) is 22.7 Å². The molecule has 0 aromatic heterocycles. The lowest BCUT2D eigenvalue weighted by molar-refractivity contribution is -0.392. The molecule has 18 heteroatoms. The van der Waals surface area contributed by atoms with Gasteiger partial charge in [0.1, 0.15) is 73.2 Å². The Bertz CT molecular complexity index is 1450. The van der Waals surface area contributed by atoms with Crippen molar-refractivity contribution in [3.05, 3.63) is 12.2 Å². The van der Waals surface area contributed by atoms with Crippen molar-refractivity contribution < 1.29 is 89.4 Å². The molecule has 3 aliphatic heterocycles. The predicted octanol–water partition coefficient (Wildman–Crippen LogP) is -2.37. The summed E-state index contributed by atoms with van der Waals surface area (Å²) in [4.78, 5) is 12.6. The van der Waals surface area contributed by atoms with E-state index in [2.05, 4.69) is 13.5 Å². The van der Waals surface area contributed by atoms with Gasteiger partial charge in [-0.1, -0.05) is 19.9 Å². The standard InChI is InChI=1S/C38H60O18/c1-16-11-37-9-5-20-35(2,7-4-8-36(20,3)34(49)50)21(37)6-10-38(16,15-37)56-32-28(48)29(24(44)19(14-41)52-32)54-33-30(26(46)23(43)18(13-40)53-33)55-31-27(47)25(45)22(42)17(12-39)51-31/h17-33,39-48H,1,4-15H2,2-3H3,(H,49,50)/t17-,18-,19-,20+,21+,22-,23-,24-,25+,26+,27-,28-,29+,30-,31+,32+,33+,35-,36-,37+,38-/m0/s1. The number of carbonyl (C=O) groups is 1. The van der Waals surface area contributed by atoms with E-state index in [0.29, 0.717) is 25.7 Å². The highest BCUT2D eigenvalue weighted by Gasteiger charge is 2.69. The normalized spacial score (nSPS) is 54.6. The molecule has 18 nitrogen and oxygen atoms in total. The molecule has 0 amide bonds. The van der Waals surface area contributed by atoms with Crippen molar-refractivity contribution in [2.75, 3.05) is 19.8 Å². The van der Waals surface area contributed by atoms with Gasteiger partial charge in [0.05, 0.1) is 30.8 Å². The van der Waals surface area contributed by atoms with E-state index in [1.54, 1.807) is 0 Å². The van der Waals surface area contributed by atoms with Gasteiger partial charge in [0, 0.05) is 0 Å². The second-order valence-corrected chi connectivity index (χ2v) is 18.0. The maximum absolute atomic E-state index is 12.6. The lowest BCUT2D eigenvalue weighted by Crippen LogP contribution is -2.67. The predicted molar refractivity (Wildman–Crippen MR) is 187 cm³/mol. The van der Waals surface area contributed by atoms with Crippen molar-refractivity contribution in [2.24, 2.45) is 28.1 Å². The summed E-state index contributed by atoms with van der Waals surface area (Å²) < 4.78 is 35.7. The van der Waals surface area contributed by atoms with Crippen LogP contribution < -0.4 is 0 Å². The third-order valence-electron chi connectivity index (χ3n) is 15.0. The van der Waals surface area contributed by atoms with E-state index in [9.17, 15) is 61.0 Å². The van der Waals surface area contributed by atoms with Gasteiger partial charge < -0.3 is 84.6 Å². The highest BCUT2D eigenvalue weighted by Crippen LogP contribution is 2.73. The van der Waals surface area contributed by atoms with E-state index in [4.69, 9.17) is 28.4 Å². The van der Waals surface area contributed by atoms with Crippen LogP contribution in [0.1, 0.15) is 71.6 Å². The maximum atomic E-state index is 12.6. The second kappa shape index (κ2) is 15.6. The topological polar surface area (TPSA) is 295 Å². The van der Waals surface area contributed by atoms with E-state index in [1.807, 2.05) is 6.92 Å². The van der Waals surface area contributed by atoms with Crippen molar-refractivity contribution >= 4 is 5.97 Å². The average Bonchev–Trinajstić information content (AvgIpc) is 3.36. The molecular formula is C38H60O18. The Morgan fingerprint density at radius 3 is 1.89 bits per heavy atom. The van der Waals surface area contributed by atoms with Crippen LogP contribution in [0.5, 0.6) is 0 Å². The van der Waals surface area contributed by atoms with Gasteiger partial charge in [0.2, 0.25) is 0 Å². The van der Waals surface area contributed by atoms with Gasteiger partial charge in [-0.05, 0) is 86.5 Å². The van der Waals surface area contributed by atoms with E-state index >= 15 is 0 Å². The van der Waals surface area contributed by atoms with Gasteiger partial charge in [-0.2, -0.15) is 0 Å². The Morgan fingerprint density at radius 2 is 1.25 bits per heavy atom. The lowest BCUT2D eigenvalue weighted by atomic mass is 9.41. The first-order chi connectivity index (χ1) is 26.4. The molecule has 320 valence electrons. The first kappa shape index (κ1) is 42.7. The summed E-state index contributed by atoms with van der Waals surface area (Å²) in [7, 11) is 0. The minimum Gasteiger partial charge on any atom is -0.481 e. The van der Waals surface area contributed by atoms with Crippen LogP contribution in [0.2, 0.25) is 0 Å². The molecule has 0 unspecified atom stereocenters. The summed E-state index contributed by atoms with van der Waals surface area (Å²) in [5.41, 5.74) is -1.38. The van der Waals surface area contributed by atoms with Gasteiger partial charge in [-0.25, -0.2) is 0 Å². The molecule has 11 N–H and O–H groups in total. The fourth-order valence-corrected chi connectivity index (χ4v) is 12.1. The number of aliphatic carboxylic acids is 1. The maximum Gasteiger partial charge on any atom is 0.309 e. The molecule has 7 fully saturated rings. The number of aliphatic hydroxyl groups is 10. The van der Waals surface area contributed by atoms with Crippen LogP contribution in [-0.2, 0) is 33.2 Å². The van der Waals surface area contributed by atoms with Gasteiger partial charge in [0.15, 0.2) is 18.9 Å². The molecule has 3 heterocycles. The van der Waals surface area contributed by atoms with Crippen LogP contribution in [0.4, 0.5) is 0 Å². The van der Waals surface area contributed by atoms with Crippen LogP contribution in [0.15, 0.2) is 12.2 Å². The second-order valence-electron chi connectivity index (χ2n) is 18.0. The fourth-order valence-electron chi connectivity index (χ4n) is 12.1. The fraction of sp³-hybridized carbons (Fsp3) is 0.921. The molecular weight excluding hydrogens is 744 g/mol. The van der Waals surface area contributed by atoms with E-state index in [0.717, 1.165) is 37.7 Å². The summed E-state index contributed by atoms with van der Waals surface area (Å²) in [6, 6.07) is 0. The first-order valence-corrected chi connectivity index (χ1v) is 19.9.